The van der Waals surface area contributed by atoms with E-state index in [1.54, 1.807) is 12.1 Å². The minimum Gasteiger partial charge on any atom is -0.394 e. The Kier molecular flexibility index (Phi) is 4.01. The number of hydrogen-bond donors (Lipinski definition) is 2. The third-order valence-corrected chi connectivity index (χ3v) is 3.80. The summed E-state index contributed by atoms with van der Waals surface area (Å²) < 4.78 is 0. The molecular formula is C13H18N2O4. The fraction of sp³-hybridized carbons (Fsp3) is 0.538. The van der Waals surface area contributed by atoms with E-state index in [2.05, 4.69) is 0 Å². The summed E-state index contributed by atoms with van der Waals surface area (Å²) in [6, 6.07) is 4.65. The lowest BCUT2D eigenvalue weighted by molar-refractivity contribution is -0.384. The van der Waals surface area contributed by atoms with E-state index in [0.717, 1.165) is 6.42 Å². The van der Waals surface area contributed by atoms with Crippen LogP contribution < -0.4 is 4.90 Å². The number of anilines is 1. The number of aliphatic hydroxyl groups excluding tert-OH is 2. The Bertz CT molecular complexity index is 478. The van der Waals surface area contributed by atoms with Crippen LogP contribution in [0.4, 0.5) is 11.4 Å². The molecule has 0 amide bonds. The molecule has 19 heavy (non-hydrogen) atoms. The van der Waals surface area contributed by atoms with Crippen LogP contribution in [-0.4, -0.2) is 34.3 Å². The Morgan fingerprint density at radius 2 is 2.21 bits per heavy atom. The SMILES string of the molecule is CC1CCN(c2ccc(CO)cc2[N+](=O)[O-])C1CO. The molecule has 0 saturated carbocycles. The highest BCUT2D eigenvalue weighted by molar-refractivity contribution is 5.65. The first-order valence-electron chi connectivity index (χ1n) is 6.34. The minimum atomic E-state index is -0.439. The summed E-state index contributed by atoms with van der Waals surface area (Å²) in [5.41, 5.74) is 1.02. The minimum absolute atomic E-state index is 0.0138. The van der Waals surface area contributed by atoms with Gasteiger partial charge in [0.2, 0.25) is 0 Å². The van der Waals surface area contributed by atoms with Crippen molar-refractivity contribution in [1.29, 1.82) is 0 Å². The second-order valence-corrected chi connectivity index (χ2v) is 4.95. The third kappa shape index (κ3) is 2.54. The Hall–Kier alpha value is -1.66. The van der Waals surface area contributed by atoms with Gasteiger partial charge in [-0.2, -0.15) is 0 Å². The second-order valence-electron chi connectivity index (χ2n) is 4.95. The average Bonchev–Trinajstić information content (AvgIpc) is 2.78. The zero-order valence-corrected chi connectivity index (χ0v) is 10.8. The van der Waals surface area contributed by atoms with E-state index in [-0.39, 0.29) is 24.9 Å². The molecule has 2 unspecified atom stereocenters. The number of nitro benzene ring substituents is 1. The molecule has 0 aliphatic carbocycles. The second kappa shape index (κ2) is 5.54. The quantitative estimate of drug-likeness (QED) is 0.633. The number of aliphatic hydroxyl groups is 2. The van der Waals surface area contributed by atoms with Gasteiger partial charge >= 0.3 is 0 Å². The van der Waals surface area contributed by atoms with Gasteiger partial charge in [-0.1, -0.05) is 13.0 Å². The lowest BCUT2D eigenvalue weighted by atomic mass is 10.0. The first-order valence-corrected chi connectivity index (χ1v) is 6.34. The van der Waals surface area contributed by atoms with E-state index in [0.29, 0.717) is 23.7 Å². The Morgan fingerprint density at radius 1 is 1.47 bits per heavy atom. The summed E-state index contributed by atoms with van der Waals surface area (Å²) in [7, 11) is 0. The molecule has 0 spiro atoms. The monoisotopic (exact) mass is 266 g/mol. The summed E-state index contributed by atoms with van der Waals surface area (Å²) in [5.74, 6) is 0.308. The number of hydrogen-bond acceptors (Lipinski definition) is 5. The fourth-order valence-electron chi connectivity index (χ4n) is 2.64. The number of nitro groups is 1. The van der Waals surface area contributed by atoms with Crippen molar-refractivity contribution in [2.24, 2.45) is 5.92 Å². The van der Waals surface area contributed by atoms with Crippen LogP contribution in [0.5, 0.6) is 0 Å². The molecule has 1 saturated heterocycles. The van der Waals surface area contributed by atoms with Gasteiger partial charge in [-0.05, 0) is 24.0 Å². The molecule has 6 nitrogen and oxygen atoms in total. The molecule has 1 aromatic carbocycles. The van der Waals surface area contributed by atoms with Gasteiger partial charge in [-0.15, -0.1) is 0 Å². The molecule has 0 aromatic heterocycles. The van der Waals surface area contributed by atoms with E-state index in [1.807, 2.05) is 11.8 Å². The molecule has 1 heterocycles. The summed E-state index contributed by atoms with van der Waals surface area (Å²) in [5, 5.41) is 29.7. The molecule has 1 fully saturated rings. The van der Waals surface area contributed by atoms with Crippen LogP contribution in [0.1, 0.15) is 18.9 Å². The summed E-state index contributed by atoms with van der Waals surface area (Å²) in [6.07, 6.45) is 0.907. The van der Waals surface area contributed by atoms with Crippen LogP contribution in [0, 0.1) is 16.0 Å². The van der Waals surface area contributed by atoms with E-state index in [4.69, 9.17) is 5.11 Å². The molecule has 0 radical (unpaired) electrons. The summed E-state index contributed by atoms with van der Waals surface area (Å²) >= 11 is 0. The van der Waals surface area contributed by atoms with Crippen molar-refractivity contribution in [2.45, 2.75) is 26.0 Å². The lowest BCUT2D eigenvalue weighted by Gasteiger charge is -2.27. The maximum atomic E-state index is 11.2. The highest BCUT2D eigenvalue weighted by Crippen LogP contribution is 2.36. The van der Waals surface area contributed by atoms with Gasteiger partial charge < -0.3 is 15.1 Å². The standard InChI is InChI=1S/C13H18N2O4/c1-9-4-5-14(13(9)8-17)11-3-2-10(7-16)6-12(11)15(18)19/h2-3,6,9,13,16-17H,4-5,7-8H2,1H3. The Morgan fingerprint density at radius 3 is 2.79 bits per heavy atom. The molecule has 1 aliphatic heterocycles. The maximum Gasteiger partial charge on any atom is 0.292 e. The van der Waals surface area contributed by atoms with Gasteiger partial charge in [0.15, 0.2) is 0 Å². The first-order chi connectivity index (χ1) is 9.08. The lowest BCUT2D eigenvalue weighted by Crippen LogP contribution is -2.35. The number of rotatable bonds is 4. The normalized spacial score (nSPS) is 22.8. The Labute approximate surface area is 111 Å². The summed E-state index contributed by atoms with van der Waals surface area (Å²) in [6.45, 7) is 2.50. The highest BCUT2D eigenvalue weighted by atomic mass is 16.6. The molecule has 2 atom stereocenters. The number of benzene rings is 1. The molecule has 1 aromatic rings. The van der Waals surface area contributed by atoms with Gasteiger partial charge in [-0.25, -0.2) is 0 Å². The topological polar surface area (TPSA) is 86.8 Å². The molecule has 2 N–H and O–H groups in total. The first kappa shape index (κ1) is 13.8. The highest BCUT2D eigenvalue weighted by Gasteiger charge is 2.34. The fourth-order valence-corrected chi connectivity index (χ4v) is 2.64. The zero-order chi connectivity index (χ0) is 14.0. The molecule has 2 rings (SSSR count). The molecule has 104 valence electrons. The average molecular weight is 266 g/mol. The van der Waals surface area contributed by atoms with E-state index in [1.165, 1.54) is 6.07 Å². The predicted molar refractivity (Wildman–Crippen MR) is 71.0 cm³/mol. The van der Waals surface area contributed by atoms with E-state index >= 15 is 0 Å². The van der Waals surface area contributed by atoms with Crippen molar-refractivity contribution >= 4 is 11.4 Å². The maximum absolute atomic E-state index is 11.2. The van der Waals surface area contributed by atoms with E-state index in [9.17, 15) is 15.2 Å². The van der Waals surface area contributed by atoms with Crippen LogP contribution in [0.2, 0.25) is 0 Å². The largest absolute Gasteiger partial charge is 0.394 e. The zero-order valence-electron chi connectivity index (χ0n) is 10.8. The summed E-state index contributed by atoms with van der Waals surface area (Å²) in [4.78, 5) is 12.6. The van der Waals surface area contributed by atoms with E-state index < -0.39 is 4.92 Å². The van der Waals surface area contributed by atoms with Crippen LogP contribution >= 0.6 is 0 Å². The van der Waals surface area contributed by atoms with Crippen LogP contribution in [0.15, 0.2) is 18.2 Å². The van der Waals surface area contributed by atoms with Gasteiger partial charge in [-0.3, -0.25) is 10.1 Å². The molecular weight excluding hydrogens is 248 g/mol. The van der Waals surface area contributed by atoms with Gasteiger partial charge in [0, 0.05) is 12.6 Å². The van der Waals surface area contributed by atoms with Crippen molar-refractivity contribution in [2.75, 3.05) is 18.1 Å². The molecule has 6 heteroatoms. The van der Waals surface area contributed by atoms with Crippen molar-refractivity contribution < 1.29 is 15.1 Å². The van der Waals surface area contributed by atoms with Gasteiger partial charge in [0.05, 0.1) is 24.2 Å². The van der Waals surface area contributed by atoms with Gasteiger partial charge in [0.25, 0.3) is 5.69 Å². The van der Waals surface area contributed by atoms with Crippen molar-refractivity contribution in [3.05, 3.63) is 33.9 Å². The van der Waals surface area contributed by atoms with Crippen LogP contribution in [-0.2, 0) is 6.61 Å². The smallest absolute Gasteiger partial charge is 0.292 e. The van der Waals surface area contributed by atoms with Crippen LogP contribution in [0.25, 0.3) is 0 Å². The van der Waals surface area contributed by atoms with Crippen LogP contribution in [0.3, 0.4) is 0 Å². The van der Waals surface area contributed by atoms with Crippen molar-refractivity contribution in [1.82, 2.24) is 0 Å². The molecule has 0 bridgehead atoms. The van der Waals surface area contributed by atoms with Gasteiger partial charge in [0.1, 0.15) is 5.69 Å². The Balaban J connectivity index is 2.41. The van der Waals surface area contributed by atoms with Crippen molar-refractivity contribution in [3.63, 3.8) is 0 Å². The number of nitrogens with zero attached hydrogens (tertiary/aromatic N) is 2. The van der Waals surface area contributed by atoms with Crippen molar-refractivity contribution in [3.8, 4) is 0 Å². The third-order valence-electron chi connectivity index (χ3n) is 3.80. The molecule has 1 aliphatic rings. The predicted octanol–water partition coefficient (Wildman–Crippen LogP) is 1.29.